The fraction of sp³-hybridized carbons (Fsp3) is 0.471. The van der Waals surface area contributed by atoms with E-state index in [9.17, 15) is 9.90 Å². The second kappa shape index (κ2) is 5.33. The largest absolute Gasteiger partial charge is 0.388 e. The molecule has 3 N–H and O–H groups in total. The maximum Gasteiger partial charge on any atom is 0.251 e. The number of benzene rings is 1. The molecule has 6 nitrogen and oxygen atoms in total. The summed E-state index contributed by atoms with van der Waals surface area (Å²) in [5.41, 5.74) is 3.91. The van der Waals surface area contributed by atoms with E-state index in [0.29, 0.717) is 12.2 Å². The second-order valence-electron chi connectivity index (χ2n) is 6.38. The van der Waals surface area contributed by atoms with Crippen LogP contribution in [-0.2, 0) is 9.47 Å². The van der Waals surface area contributed by atoms with Gasteiger partial charge < -0.3 is 24.9 Å². The highest BCUT2D eigenvalue weighted by Crippen LogP contribution is 2.27. The van der Waals surface area contributed by atoms with Gasteiger partial charge in [-0.1, -0.05) is 0 Å². The van der Waals surface area contributed by atoms with Gasteiger partial charge in [0.25, 0.3) is 5.91 Å². The van der Waals surface area contributed by atoms with Crippen molar-refractivity contribution < 1.29 is 19.4 Å². The topological polar surface area (TPSA) is 83.6 Å². The monoisotopic (exact) mass is 316 g/mol. The van der Waals surface area contributed by atoms with Crippen LogP contribution in [0.4, 0.5) is 0 Å². The Bertz CT molecular complexity index is 769. The Hall–Kier alpha value is -1.89. The van der Waals surface area contributed by atoms with Crippen LogP contribution in [0.15, 0.2) is 18.2 Å². The van der Waals surface area contributed by atoms with Crippen molar-refractivity contribution in [3.8, 4) is 0 Å². The molecule has 2 aliphatic rings. The van der Waals surface area contributed by atoms with Gasteiger partial charge in [0.15, 0.2) is 0 Å². The molecule has 2 aliphatic heterocycles. The van der Waals surface area contributed by atoms with E-state index in [2.05, 4.69) is 10.3 Å². The number of fused-ring (bicyclic) bond motifs is 2. The van der Waals surface area contributed by atoms with Gasteiger partial charge in [-0.2, -0.15) is 0 Å². The molecule has 4 rings (SSSR count). The van der Waals surface area contributed by atoms with Gasteiger partial charge in [-0.3, -0.25) is 4.79 Å². The lowest BCUT2D eigenvalue weighted by Crippen LogP contribution is -2.44. The number of carbonyl (C=O) groups is 1. The number of aliphatic hydroxyl groups excluding tert-OH is 1. The lowest BCUT2D eigenvalue weighted by atomic mass is 10.1. The predicted molar refractivity (Wildman–Crippen MR) is 84.5 cm³/mol. The van der Waals surface area contributed by atoms with Crippen LogP contribution in [-0.4, -0.2) is 53.6 Å². The molecular formula is C17H20N2O4. The van der Waals surface area contributed by atoms with Gasteiger partial charge >= 0.3 is 0 Å². The van der Waals surface area contributed by atoms with E-state index in [4.69, 9.17) is 9.47 Å². The number of ether oxygens (including phenoxy) is 2. The number of rotatable bonds is 2. The van der Waals surface area contributed by atoms with E-state index in [-0.39, 0.29) is 30.8 Å². The van der Waals surface area contributed by atoms with Crippen molar-refractivity contribution in [3.63, 3.8) is 0 Å². The molecule has 1 aromatic heterocycles. The van der Waals surface area contributed by atoms with Gasteiger partial charge in [-0.15, -0.1) is 0 Å². The highest BCUT2D eigenvalue weighted by molar-refractivity contribution is 5.99. The fourth-order valence-corrected chi connectivity index (χ4v) is 3.46. The predicted octanol–water partition coefficient (Wildman–Crippen LogP) is 1.04. The minimum atomic E-state index is -0.608. The molecule has 0 radical (unpaired) electrons. The summed E-state index contributed by atoms with van der Waals surface area (Å²) in [6.45, 7) is 4.69. The fourth-order valence-electron chi connectivity index (χ4n) is 3.46. The molecule has 1 amide bonds. The first-order valence-electron chi connectivity index (χ1n) is 7.85. The molecule has 0 spiro atoms. The van der Waals surface area contributed by atoms with E-state index >= 15 is 0 Å². The Morgan fingerprint density at radius 3 is 2.87 bits per heavy atom. The third kappa shape index (κ3) is 2.34. The average Bonchev–Trinajstić information content (AvgIpc) is 3.18. The van der Waals surface area contributed by atoms with E-state index in [0.717, 1.165) is 22.2 Å². The van der Waals surface area contributed by atoms with Gasteiger partial charge in [-0.05, 0) is 37.6 Å². The zero-order chi connectivity index (χ0) is 16.1. The Labute approximate surface area is 133 Å². The molecule has 0 bridgehead atoms. The number of aromatic amines is 1. The second-order valence-corrected chi connectivity index (χ2v) is 6.38. The van der Waals surface area contributed by atoms with Crippen molar-refractivity contribution in [3.05, 3.63) is 35.0 Å². The molecule has 23 heavy (non-hydrogen) atoms. The van der Waals surface area contributed by atoms with Crippen molar-refractivity contribution in [2.75, 3.05) is 13.2 Å². The quantitative estimate of drug-likeness (QED) is 0.773. The molecule has 2 saturated heterocycles. The van der Waals surface area contributed by atoms with Crippen molar-refractivity contribution in [1.29, 1.82) is 0 Å². The van der Waals surface area contributed by atoms with Crippen LogP contribution in [0.5, 0.6) is 0 Å². The maximum absolute atomic E-state index is 12.5. The first-order valence-corrected chi connectivity index (χ1v) is 7.85. The molecule has 4 atom stereocenters. The van der Waals surface area contributed by atoms with E-state index in [1.54, 1.807) is 0 Å². The highest BCUT2D eigenvalue weighted by Gasteiger charge is 2.47. The minimum absolute atomic E-state index is 0.149. The van der Waals surface area contributed by atoms with Gasteiger partial charge in [0.2, 0.25) is 0 Å². The molecule has 1 aromatic carbocycles. The lowest BCUT2D eigenvalue weighted by Gasteiger charge is -2.17. The smallest absolute Gasteiger partial charge is 0.251 e. The molecule has 0 unspecified atom stereocenters. The zero-order valence-electron chi connectivity index (χ0n) is 13.1. The Kier molecular flexibility index (Phi) is 3.41. The molecule has 122 valence electrons. The first kappa shape index (κ1) is 14.7. The Morgan fingerprint density at radius 2 is 2.04 bits per heavy atom. The number of H-pyrrole nitrogens is 1. The molecule has 0 saturated carbocycles. The summed E-state index contributed by atoms with van der Waals surface area (Å²) in [4.78, 5) is 15.8. The Balaban J connectivity index is 1.54. The molecule has 0 aliphatic carbocycles. The van der Waals surface area contributed by atoms with Crippen LogP contribution in [0.25, 0.3) is 10.9 Å². The third-order valence-electron chi connectivity index (χ3n) is 4.91. The Morgan fingerprint density at radius 1 is 1.26 bits per heavy atom. The summed E-state index contributed by atoms with van der Waals surface area (Å²) >= 11 is 0. The number of carbonyl (C=O) groups excluding carboxylic acids is 1. The zero-order valence-corrected chi connectivity index (χ0v) is 13.1. The highest BCUT2D eigenvalue weighted by atomic mass is 16.6. The number of aliphatic hydroxyl groups is 1. The summed E-state index contributed by atoms with van der Waals surface area (Å²) in [5, 5.41) is 13.8. The molecule has 2 aromatic rings. The summed E-state index contributed by atoms with van der Waals surface area (Å²) in [6.07, 6.45) is -1.21. The number of hydrogen-bond acceptors (Lipinski definition) is 4. The number of aryl methyl sites for hydroxylation is 2. The summed E-state index contributed by atoms with van der Waals surface area (Å²) in [6, 6.07) is 5.41. The van der Waals surface area contributed by atoms with E-state index < -0.39 is 6.10 Å². The van der Waals surface area contributed by atoms with Crippen LogP contribution in [0.3, 0.4) is 0 Å². The van der Waals surface area contributed by atoms with Crippen LogP contribution in [0.1, 0.15) is 21.6 Å². The SMILES string of the molecule is Cc1[nH]c2ccc(C(=O)N[C@@H]3CO[C@H]4[C@@H]3OC[C@H]4O)cc2c1C. The van der Waals surface area contributed by atoms with Crippen LogP contribution < -0.4 is 5.32 Å². The molecule has 2 fully saturated rings. The number of hydrogen-bond donors (Lipinski definition) is 3. The molecule has 6 heteroatoms. The lowest BCUT2D eigenvalue weighted by molar-refractivity contribution is 0.0178. The van der Waals surface area contributed by atoms with Gasteiger partial charge in [-0.25, -0.2) is 0 Å². The van der Waals surface area contributed by atoms with Crippen LogP contribution >= 0.6 is 0 Å². The van der Waals surface area contributed by atoms with E-state index in [1.165, 1.54) is 0 Å². The van der Waals surface area contributed by atoms with Crippen LogP contribution in [0, 0.1) is 13.8 Å². The summed E-state index contributed by atoms with van der Waals surface area (Å²) < 4.78 is 11.1. The molecule has 3 heterocycles. The first-order chi connectivity index (χ1) is 11.0. The maximum atomic E-state index is 12.5. The molecular weight excluding hydrogens is 296 g/mol. The normalized spacial score (nSPS) is 29.9. The minimum Gasteiger partial charge on any atom is -0.388 e. The van der Waals surface area contributed by atoms with Crippen molar-refractivity contribution in [2.24, 2.45) is 0 Å². The van der Waals surface area contributed by atoms with Crippen LogP contribution in [0.2, 0.25) is 0 Å². The average molecular weight is 316 g/mol. The van der Waals surface area contributed by atoms with E-state index in [1.807, 2.05) is 32.0 Å². The third-order valence-corrected chi connectivity index (χ3v) is 4.91. The standard InChI is InChI=1S/C17H20N2O4/c1-8-9(2)18-12-4-3-10(5-11(8)12)17(21)19-13-6-22-16-14(20)7-23-15(13)16/h3-5,13-16,18,20H,6-7H2,1-2H3,(H,19,21)/t13-,14-,15-,16-/m1/s1. The number of amides is 1. The number of nitrogens with one attached hydrogen (secondary N) is 2. The van der Waals surface area contributed by atoms with Crippen molar-refractivity contribution in [1.82, 2.24) is 10.3 Å². The summed E-state index contributed by atoms with van der Waals surface area (Å²) in [7, 11) is 0. The summed E-state index contributed by atoms with van der Waals surface area (Å²) in [5.74, 6) is -0.149. The van der Waals surface area contributed by atoms with Crippen molar-refractivity contribution in [2.45, 2.75) is 38.2 Å². The van der Waals surface area contributed by atoms with Gasteiger partial charge in [0.05, 0.1) is 19.3 Å². The number of aromatic nitrogens is 1. The van der Waals surface area contributed by atoms with Gasteiger partial charge in [0, 0.05) is 22.2 Å². The van der Waals surface area contributed by atoms with Crippen molar-refractivity contribution >= 4 is 16.8 Å². The van der Waals surface area contributed by atoms with Gasteiger partial charge in [0.1, 0.15) is 18.3 Å².